The molecular weight excluding hydrogens is 1600 g/mol. The average Bonchev–Trinajstić information content (AvgIpc) is 1.42. The van der Waals surface area contributed by atoms with Gasteiger partial charge in [-0.3, -0.25) is 0 Å². The molecule has 0 radical (unpaired) electrons. The zero-order valence-electron chi connectivity index (χ0n) is 90.6. The van der Waals surface area contributed by atoms with E-state index in [-0.39, 0.29) is 7.43 Å². The Morgan fingerprint density at radius 2 is 0.331 bits per heavy atom. The van der Waals surface area contributed by atoms with Gasteiger partial charge in [-0.1, -0.05) is 626 Å². The van der Waals surface area contributed by atoms with Gasteiger partial charge in [-0.25, -0.2) is 0 Å². The summed E-state index contributed by atoms with van der Waals surface area (Å²) < 4.78 is 0. The SMILES string of the molecule is C.CC.CC.CC.CC.CC.CC.CC.CC.CC.CC.CC.CC.CC.CC.CC.CC.CC.CC.Cc1cc(-c2ccccc2)cc(-c2ccccc2)c1.Cc1ccc2c3ccccc3c3ccccc3c2c1.Cc1cccc2c3ccccc3c3ccccc3c12.Cc1ccccc1.c1ccc2c(c1)-c1cccc3cccc-2c13.c1ccc2c(c1)-c1cccc3cccc-2c13. The lowest BCUT2D eigenvalue weighted by Gasteiger charge is -2.11. The summed E-state index contributed by atoms with van der Waals surface area (Å²) in [5.41, 5.74) is 21.4. The summed E-state index contributed by atoms with van der Waals surface area (Å²) in [6.07, 6.45) is 0. The van der Waals surface area contributed by atoms with Crippen LogP contribution in [-0.2, 0) is 0 Å². The lowest BCUT2D eigenvalue weighted by molar-refractivity contribution is 1.46. The van der Waals surface area contributed by atoms with Gasteiger partial charge < -0.3 is 0 Å². The molecular formula is C133H184. The van der Waals surface area contributed by atoms with Crippen LogP contribution in [0.3, 0.4) is 0 Å². The molecule has 133 heavy (non-hydrogen) atoms. The van der Waals surface area contributed by atoms with Crippen molar-refractivity contribution in [2.45, 2.75) is 284 Å². The van der Waals surface area contributed by atoms with Gasteiger partial charge in [-0.05, 0) is 198 Å². The van der Waals surface area contributed by atoms with Gasteiger partial charge in [0, 0.05) is 0 Å². The van der Waals surface area contributed by atoms with E-state index in [1.54, 1.807) is 0 Å². The Morgan fingerprint density at radius 1 is 0.120 bits per heavy atom. The summed E-state index contributed by atoms with van der Waals surface area (Å²) >= 11 is 0. The second-order valence-corrected chi connectivity index (χ2v) is 25.2. The van der Waals surface area contributed by atoms with Crippen LogP contribution in [0.15, 0.2) is 364 Å². The lowest BCUT2D eigenvalue weighted by Crippen LogP contribution is -1.85. The topological polar surface area (TPSA) is 0 Å². The Balaban J connectivity index is -0.000000464. The minimum Gasteiger partial charge on any atom is -0.0776 e. The molecule has 20 rings (SSSR count). The predicted molar refractivity (Wildman–Crippen MR) is 628 cm³/mol. The first-order chi connectivity index (χ1) is 65.3. The number of aryl methyl sites for hydroxylation is 4. The fourth-order valence-corrected chi connectivity index (χ4v) is 14.6. The van der Waals surface area contributed by atoms with Crippen LogP contribution in [-0.4, -0.2) is 0 Å². The molecule has 2 aliphatic rings. The molecule has 2 aliphatic carbocycles. The van der Waals surface area contributed by atoms with E-state index in [1.807, 2.05) is 267 Å². The van der Waals surface area contributed by atoms with Gasteiger partial charge in [0.15, 0.2) is 0 Å². The fraction of sp³-hybridized carbons (Fsp3) is 0.308. The maximum absolute atomic E-state index is 2.30. The second kappa shape index (κ2) is 82.0. The first-order valence-electron chi connectivity index (χ1n) is 51.4. The van der Waals surface area contributed by atoms with E-state index < -0.39 is 0 Å². The Bertz CT molecular complexity index is 5420. The monoisotopic (exact) mass is 1780 g/mol. The first-order valence-corrected chi connectivity index (χ1v) is 51.4. The van der Waals surface area contributed by atoms with E-state index in [4.69, 9.17) is 0 Å². The molecule has 18 aromatic rings. The van der Waals surface area contributed by atoms with Crippen molar-refractivity contribution in [1.29, 1.82) is 0 Å². The first kappa shape index (κ1) is 130. The molecule has 0 atom stereocenters. The number of hydrogen-bond donors (Lipinski definition) is 0. The number of hydrogen-bond acceptors (Lipinski definition) is 0. The Labute approximate surface area is 817 Å². The van der Waals surface area contributed by atoms with Gasteiger partial charge in [0.2, 0.25) is 0 Å². The largest absolute Gasteiger partial charge is 0.0776 e. The van der Waals surface area contributed by atoms with E-state index in [0.29, 0.717) is 0 Å². The van der Waals surface area contributed by atoms with Crippen molar-refractivity contribution in [2.75, 3.05) is 0 Å². The van der Waals surface area contributed by atoms with E-state index in [2.05, 4.69) is 373 Å². The summed E-state index contributed by atoms with van der Waals surface area (Å²) in [7, 11) is 0. The summed E-state index contributed by atoms with van der Waals surface area (Å²) in [5, 5.41) is 21.7. The van der Waals surface area contributed by atoms with Crippen molar-refractivity contribution >= 4 is 86.2 Å². The lowest BCUT2D eigenvalue weighted by atomic mass is 9.92. The molecule has 0 unspecified atom stereocenters. The zero-order valence-corrected chi connectivity index (χ0v) is 90.6. The summed E-state index contributed by atoms with van der Waals surface area (Å²) in [4.78, 5) is 0. The molecule has 716 valence electrons. The molecule has 0 heteroatoms. The minimum absolute atomic E-state index is 0. The van der Waals surface area contributed by atoms with E-state index >= 15 is 0 Å². The summed E-state index contributed by atoms with van der Waals surface area (Å²) in [6.45, 7) is 80.6. The van der Waals surface area contributed by atoms with Gasteiger partial charge in [0.1, 0.15) is 0 Å². The van der Waals surface area contributed by atoms with Gasteiger partial charge in [0.05, 0.1) is 0 Å². The Kier molecular flexibility index (Phi) is 79.8. The van der Waals surface area contributed by atoms with Crippen molar-refractivity contribution in [2.24, 2.45) is 0 Å². The molecule has 0 saturated heterocycles. The second-order valence-electron chi connectivity index (χ2n) is 25.2. The fourth-order valence-electron chi connectivity index (χ4n) is 14.6. The normalized spacial score (nSPS) is 8.84. The molecule has 0 nitrogen and oxygen atoms in total. The van der Waals surface area contributed by atoms with Crippen LogP contribution < -0.4 is 0 Å². The van der Waals surface area contributed by atoms with Crippen LogP contribution in [0.4, 0.5) is 0 Å². The number of benzene rings is 18. The van der Waals surface area contributed by atoms with Gasteiger partial charge in [0.25, 0.3) is 0 Å². The van der Waals surface area contributed by atoms with Crippen molar-refractivity contribution in [1.82, 2.24) is 0 Å². The third-order valence-corrected chi connectivity index (χ3v) is 18.9. The van der Waals surface area contributed by atoms with Crippen LogP contribution in [0.2, 0.25) is 0 Å². The summed E-state index contributed by atoms with van der Waals surface area (Å²) in [5.74, 6) is 0. The highest BCUT2D eigenvalue weighted by atomic mass is 14.2. The van der Waals surface area contributed by atoms with Gasteiger partial charge >= 0.3 is 0 Å². The van der Waals surface area contributed by atoms with Crippen molar-refractivity contribution in [3.05, 3.63) is 386 Å². The molecule has 0 N–H and O–H groups in total. The standard InChI is InChI=1S/2C19H14.C19H16.2C16H10.C7H8.18C2H6.CH4/c1-13-7-6-12-18-16-9-3-2-8-14(16)15-10-4-5-11-17(15)19(13)18;1-13-10-11-18-16-8-3-2-6-14(16)15-7-4-5-9-17(15)19(18)12-13;1-15-12-18(16-8-4-2-5-9-16)14-19(13-15)17-10-6-3-7-11-17;2*1-2-8-13-12(7-1)14-9-3-5-11-6-4-10-15(13)16(11)14;1-7-5-3-2-4-6-7;18*1-2;/h2*2-12H,1H3;2-14H,1H3;2*1-10H;2-6H,1H3;18*1-2H3;1H4. The van der Waals surface area contributed by atoms with Crippen LogP contribution >= 0.6 is 0 Å². The number of rotatable bonds is 2. The number of fused-ring (bicyclic) bond motifs is 18. The van der Waals surface area contributed by atoms with Crippen molar-refractivity contribution in [3.8, 4) is 66.8 Å². The van der Waals surface area contributed by atoms with Crippen LogP contribution in [0.1, 0.15) is 279 Å². The molecule has 0 bridgehead atoms. The maximum Gasteiger partial charge on any atom is -0.00264 e. The molecule has 0 spiro atoms. The minimum atomic E-state index is 0. The van der Waals surface area contributed by atoms with Gasteiger partial charge in [-0.15, -0.1) is 0 Å². The Hall–Kier alpha value is -12.0. The van der Waals surface area contributed by atoms with E-state index in [1.165, 1.54) is 175 Å². The molecule has 0 saturated carbocycles. The van der Waals surface area contributed by atoms with Crippen LogP contribution in [0, 0.1) is 27.7 Å². The quantitative estimate of drug-likeness (QED) is 0.151. The highest BCUT2D eigenvalue weighted by Gasteiger charge is 2.21. The predicted octanol–water partition coefficient (Wildman–Crippen LogP) is 46.3. The van der Waals surface area contributed by atoms with E-state index in [9.17, 15) is 0 Å². The highest BCUT2D eigenvalue weighted by molar-refractivity contribution is 6.27. The summed E-state index contributed by atoms with van der Waals surface area (Å²) in [6, 6.07) is 130. The smallest absolute Gasteiger partial charge is 0.00264 e. The van der Waals surface area contributed by atoms with Crippen LogP contribution in [0.5, 0.6) is 0 Å². The average molecular weight is 1780 g/mol. The molecule has 0 heterocycles. The molecule has 0 amide bonds. The van der Waals surface area contributed by atoms with Crippen LogP contribution in [0.25, 0.3) is 153 Å². The van der Waals surface area contributed by atoms with Gasteiger partial charge in [-0.2, -0.15) is 0 Å². The van der Waals surface area contributed by atoms with E-state index in [0.717, 1.165) is 0 Å². The maximum atomic E-state index is 2.30. The zero-order chi connectivity index (χ0) is 101. The molecule has 0 aromatic heterocycles. The highest BCUT2D eigenvalue weighted by Crippen LogP contribution is 2.48. The molecule has 0 aliphatic heterocycles. The molecule has 0 fully saturated rings. The third-order valence-electron chi connectivity index (χ3n) is 18.9. The van der Waals surface area contributed by atoms with Crippen molar-refractivity contribution < 1.29 is 0 Å². The third kappa shape index (κ3) is 36.9. The Morgan fingerprint density at radius 3 is 0.602 bits per heavy atom. The van der Waals surface area contributed by atoms with Crippen molar-refractivity contribution in [3.63, 3.8) is 0 Å². The molecule has 18 aromatic carbocycles.